The molecule has 0 aliphatic carbocycles. The number of hydrogen-bond donors (Lipinski definition) is 1. The molecule has 142 valence electrons. The highest BCUT2D eigenvalue weighted by atomic mass is 16.4. The smallest absolute Gasteiger partial charge is 0.308 e. The van der Waals surface area contributed by atoms with E-state index in [2.05, 4.69) is 0 Å². The summed E-state index contributed by atoms with van der Waals surface area (Å²) in [4.78, 5) is 39.7. The number of hydrogen-bond acceptors (Lipinski definition) is 3. The SMILES string of the molecule is Cc1cc(C)cc(C(=O)N2CCCC(C(=O)N(C)CC(C)C(=O)O)C2)c1. The first kappa shape index (κ1) is 19.9. The summed E-state index contributed by atoms with van der Waals surface area (Å²) in [5, 5.41) is 9.02. The van der Waals surface area contributed by atoms with E-state index < -0.39 is 11.9 Å². The lowest BCUT2D eigenvalue weighted by atomic mass is 9.95. The number of likely N-dealkylation sites (tertiary alicyclic amines) is 1. The zero-order valence-electron chi connectivity index (χ0n) is 16.0. The predicted molar refractivity (Wildman–Crippen MR) is 99.0 cm³/mol. The largest absolute Gasteiger partial charge is 0.481 e. The molecule has 2 rings (SSSR count). The Labute approximate surface area is 154 Å². The Morgan fingerprint density at radius 1 is 1.23 bits per heavy atom. The van der Waals surface area contributed by atoms with Gasteiger partial charge in [0.1, 0.15) is 0 Å². The zero-order chi connectivity index (χ0) is 19.4. The number of nitrogens with zero attached hydrogens (tertiary/aromatic N) is 2. The normalized spacial score (nSPS) is 18.3. The Kier molecular flexibility index (Phi) is 6.40. The molecule has 0 saturated carbocycles. The molecule has 1 aromatic carbocycles. The van der Waals surface area contributed by atoms with Crippen LogP contribution in [0.2, 0.25) is 0 Å². The highest BCUT2D eigenvalue weighted by Gasteiger charge is 2.31. The topological polar surface area (TPSA) is 77.9 Å². The van der Waals surface area contributed by atoms with E-state index in [0.717, 1.165) is 24.0 Å². The van der Waals surface area contributed by atoms with Crippen LogP contribution >= 0.6 is 0 Å². The number of carbonyl (C=O) groups is 3. The predicted octanol–water partition coefficient (Wildman–Crippen LogP) is 2.33. The monoisotopic (exact) mass is 360 g/mol. The number of rotatable bonds is 5. The van der Waals surface area contributed by atoms with Crippen LogP contribution in [-0.4, -0.2) is 59.4 Å². The van der Waals surface area contributed by atoms with Crippen LogP contribution in [0.15, 0.2) is 18.2 Å². The minimum Gasteiger partial charge on any atom is -0.481 e. The molecule has 2 atom stereocenters. The molecule has 2 amide bonds. The maximum atomic E-state index is 12.8. The first-order valence-corrected chi connectivity index (χ1v) is 9.04. The summed E-state index contributed by atoms with van der Waals surface area (Å²) in [5.41, 5.74) is 2.74. The number of aryl methyl sites for hydroxylation is 2. The first-order valence-electron chi connectivity index (χ1n) is 9.04. The van der Waals surface area contributed by atoms with Gasteiger partial charge in [0.25, 0.3) is 5.91 Å². The first-order chi connectivity index (χ1) is 12.2. The molecule has 0 bridgehead atoms. The Balaban J connectivity index is 2.05. The fourth-order valence-corrected chi connectivity index (χ4v) is 3.53. The van der Waals surface area contributed by atoms with Crippen LogP contribution in [0.5, 0.6) is 0 Å². The van der Waals surface area contributed by atoms with Crippen LogP contribution in [0.3, 0.4) is 0 Å². The lowest BCUT2D eigenvalue weighted by Gasteiger charge is -2.34. The molecule has 0 spiro atoms. The van der Waals surface area contributed by atoms with Crippen molar-refractivity contribution in [3.05, 3.63) is 34.9 Å². The average molecular weight is 360 g/mol. The van der Waals surface area contributed by atoms with E-state index in [0.29, 0.717) is 18.7 Å². The number of piperidine rings is 1. The Morgan fingerprint density at radius 3 is 2.42 bits per heavy atom. The van der Waals surface area contributed by atoms with Crippen LogP contribution in [0.4, 0.5) is 0 Å². The van der Waals surface area contributed by atoms with Crippen molar-refractivity contribution in [1.29, 1.82) is 0 Å². The summed E-state index contributed by atoms with van der Waals surface area (Å²) in [7, 11) is 1.63. The van der Waals surface area contributed by atoms with Crippen LogP contribution < -0.4 is 0 Å². The molecule has 0 aromatic heterocycles. The van der Waals surface area contributed by atoms with Gasteiger partial charge in [-0.05, 0) is 38.8 Å². The molecule has 1 aliphatic heterocycles. The Bertz CT molecular complexity index is 681. The van der Waals surface area contributed by atoms with Gasteiger partial charge in [0.15, 0.2) is 0 Å². The minimum atomic E-state index is -0.917. The van der Waals surface area contributed by atoms with Gasteiger partial charge in [-0.3, -0.25) is 14.4 Å². The fraction of sp³-hybridized carbons (Fsp3) is 0.550. The molecule has 0 radical (unpaired) electrons. The molecule has 6 heteroatoms. The van der Waals surface area contributed by atoms with E-state index >= 15 is 0 Å². The van der Waals surface area contributed by atoms with Crippen LogP contribution in [0.1, 0.15) is 41.3 Å². The van der Waals surface area contributed by atoms with E-state index in [1.54, 1.807) is 18.9 Å². The quantitative estimate of drug-likeness (QED) is 0.874. The second kappa shape index (κ2) is 8.34. The zero-order valence-corrected chi connectivity index (χ0v) is 16.0. The number of carboxylic acids is 1. The van der Waals surface area contributed by atoms with Gasteiger partial charge in [-0.2, -0.15) is 0 Å². The van der Waals surface area contributed by atoms with Gasteiger partial charge in [0.05, 0.1) is 11.8 Å². The summed E-state index contributed by atoms with van der Waals surface area (Å²) in [6.45, 7) is 6.72. The molecule has 1 fully saturated rings. The number of amides is 2. The summed E-state index contributed by atoms with van der Waals surface area (Å²) in [6.07, 6.45) is 1.50. The Hall–Kier alpha value is -2.37. The maximum Gasteiger partial charge on any atom is 0.308 e. The summed E-state index contributed by atoms with van der Waals surface area (Å²) >= 11 is 0. The molecular formula is C20H28N2O4. The van der Waals surface area contributed by atoms with Crippen LogP contribution in [0.25, 0.3) is 0 Å². The molecule has 1 N–H and O–H groups in total. The van der Waals surface area contributed by atoms with Crippen molar-refractivity contribution in [1.82, 2.24) is 9.80 Å². The van der Waals surface area contributed by atoms with Gasteiger partial charge in [-0.1, -0.05) is 24.1 Å². The lowest BCUT2D eigenvalue weighted by Crippen LogP contribution is -2.47. The van der Waals surface area contributed by atoms with Crippen molar-refractivity contribution in [2.75, 3.05) is 26.7 Å². The third kappa shape index (κ3) is 4.84. The van der Waals surface area contributed by atoms with Crippen molar-refractivity contribution in [2.45, 2.75) is 33.6 Å². The molecule has 1 aliphatic rings. The van der Waals surface area contributed by atoms with Crippen molar-refractivity contribution in [3.8, 4) is 0 Å². The average Bonchev–Trinajstić information content (AvgIpc) is 2.59. The third-order valence-electron chi connectivity index (χ3n) is 4.87. The van der Waals surface area contributed by atoms with Gasteiger partial charge in [-0.25, -0.2) is 0 Å². The Morgan fingerprint density at radius 2 is 1.85 bits per heavy atom. The van der Waals surface area contributed by atoms with Crippen LogP contribution in [0, 0.1) is 25.7 Å². The van der Waals surface area contributed by atoms with Crippen molar-refractivity contribution in [2.24, 2.45) is 11.8 Å². The molecule has 1 saturated heterocycles. The number of carbonyl (C=O) groups excluding carboxylic acids is 2. The second-order valence-electron chi connectivity index (χ2n) is 7.42. The summed E-state index contributed by atoms with van der Waals surface area (Å²) < 4.78 is 0. The van der Waals surface area contributed by atoms with E-state index in [4.69, 9.17) is 5.11 Å². The second-order valence-corrected chi connectivity index (χ2v) is 7.42. The van der Waals surface area contributed by atoms with Crippen LogP contribution in [-0.2, 0) is 9.59 Å². The molecule has 2 unspecified atom stereocenters. The highest BCUT2D eigenvalue weighted by molar-refractivity contribution is 5.95. The van der Waals surface area contributed by atoms with E-state index in [-0.39, 0.29) is 24.3 Å². The highest BCUT2D eigenvalue weighted by Crippen LogP contribution is 2.21. The number of carboxylic acid groups (broad SMARTS) is 1. The number of aliphatic carboxylic acids is 1. The van der Waals surface area contributed by atoms with Crippen molar-refractivity contribution < 1.29 is 19.5 Å². The van der Waals surface area contributed by atoms with E-state index in [9.17, 15) is 14.4 Å². The van der Waals surface area contributed by atoms with Gasteiger partial charge in [-0.15, -0.1) is 0 Å². The fourth-order valence-electron chi connectivity index (χ4n) is 3.53. The molecule has 6 nitrogen and oxygen atoms in total. The van der Waals surface area contributed by atoms with Crippen molar-refractivity contribution >= 4 is 17.8 Å². The minimum absolute atomic E-state index is 0.0455. The molecule has 26 heavy (non-hydrogen) atoms. The van der Waals surface area contributed by atoms with Gasteiger partial charge >= 0.3 is 5.97 Å². The lowest BCUT2D eigenvalue weighted by molar-refractivity contribution is -0.143. The molecule has 1 heterocycles. The van der Waals surface area contributed by atoms with E-state index in [1.165, 1.54) is 4.90 Å². The summed E-state index contributed by atoms with van der Waals surface area (Å²) in [5.74, 6) is -1.93. The maximum absolute atomic E-state index is 12.8. The van der Waals surface area contributed by atoms with Gasteiger partial charge in [0.2, 0.25) is 5.91 Å². The standard InChI is InChI=1S/C20H28N2O4/c1-13-8-14(2)10-17(9-13)19(24)22-7-5-6-16(12-22)18(23)21(4)11-15(3)20(25)26/h8-10,15-16H,5-7,11-12H2,1-4H3,(H,25,26). The van der Waals surface area contributed by atoms with E-state index in [1.807, 2.05) is 32.0 Å². The molecular weight excluding hydrogens is 332 g/mol. The number of benzene rings is 1. The van der Waals surface area contributed by atoms with Crippen molar-refractivity contribution in [3.63, 3.8) is 0 Å². The van der Waals surface area contributed by atoms with Gasteiger partial charge < -0.3 is 14.9 Å². The third-order valence-corrected chi connectivity index (χ3v) is 4.87. The van der Waals surface area contributed by atoms with Gasteiger partial charge in [0, 0.05) is 32.2 Å². The molecule has 1 aromatic rings. The summed E-state index contributed by atoms with van der Waals surface area (Å²) in [6, 6.07) is 5.78.